The van der Waals surface area contributed by atoms with Crippen molar-refractivity contribution < 1.29 is 14.6 Å². The van der Waals surface area contributed by atoms with Crippen LogP contribution in [0.5, 0.6) is 0 Å². The monoisotopic (exact) mass is 358 g/mol. The van der Waals surface area contributed by atoms with Crippen LogP contribution < -0.4 is 0 Å². The van der Waals surface area contributed by atoms with E-state index in [4.69, 9.17) is 4.74 Å². The first-order chi connectivity index (χ1) is 12.5. The summed E-state index contributed by atoms with van der Waals surface area (Å²) >= 11 is 0. The highest BCUT2D eigenvalue weighted by atomic mass is 16.5. The van der Waals surface area contributed by atoms with Crippen LogP contribution in [0.4, 0.5) is 0 Å². The van der Waals surface area contributed by atoms with Gasteiger partial charge in [-0.1, -0.05) is 0 Å². The van der Waals surface area contributed by atoms with Crippen LogP contribution in [0, 0.1) is 6.92 Å². The van der Waals surface area contributed by atoms with Crippen molar-refractivity contribution in [1.82, 2.24) is 19.8 Å². The maximum absolute atomic E-state index is 13.0. The van der Waals surface area contributed by atoms with Crippen molar-refractivity contribution in [1.29, 1.82) is 0 Å². The zero-order valence-corrected chi connectivity index (χ0v) is 15.3. The van der Waals surface area contributed by atoms with Gasteiger partial charge in [-0.15, -0.1) is 0 Å². The Morgan fingerprint density at radius 3 is 2.88 bits per heavy atom. The molecule has 1 amide bonds. The van der Waals surface area contributed by atoms with E-state index in [-0.39, 0.29) is 18.0 Å². The smallest absolute Gasteiger partial charge is 0.254 e. The Morgan fingerprint density at radius 2 is 2.12 bits per heavy atom. The van der Waals surface area contributed by atoms with Crippen LogP contribution in [0.3, 0.4) is 0 Å². The first kappa shape index (κ1) is 17.5. The molecule has 0 spiro atoms. The van der Waals surface area contributed by atoms with Crippen molar-refractivity contribution in [3.8, 4) is 0 Å². The van der Waals surface area contributed by atoms with Gasteiger partial charge in [-0.3, -0.25) is 9.69 Å². The highest BCUT2D eigenvalue weighted by Crippen LogP contribution is 2.29. The summed E-state index contributed by atoms with van der Waals surface area (Å²) in [4.78, 5) is 24.5. The quantitative estimate of drug-likeness (QED) is 0.861. The Hall–Kier alpha value is -1.96. The molecule has 1 saturated carbocycles. The Morgan fingerprint density at radius 1 is 1.35 bits per heavy atom. The van der Waals surface area contributed by atoms with Gasteiger partial charge in [0.2, 0.25) is 0 Å². The number of aromatic nitrogens is 2. The fraction of sp³-hybridized carbons (Fsp3) is 0.579. The van der Waals surface area contributed by atoms with Gasteiger partial charge < -0.3 is 19.7 Å². The minimum Gasteiger partial charge on any atom is -0.389 e. The summed E-state index contributed by atoms with van der Waals surface area (Å²) < 4.78 is 5.41. The molecule has 0 radical (unpaired) electrons. The molecule has 0 unspecified atom stereocenters. The van der Waals surface area contributed by atoms with Crippen molar-refractivity contribution in [2.45, 2.75) is 38.0 Å². The number of imidazole rings is 1. The first-order valence-electron chi connectivity index (χ1n) is 9.28. The molecule has 26 heavy (non-hydrogen) atoms. The lowest BCUT2D eigenvalue weighted by Gasteiger charge is -2.36. The molecule has 7 heteroatoms. The normalized spacial score (nSPS) is 27.1. The summed E-state index contributed by atoms with van der Waals surface area (Å²) in [5.74, 6) is 0.767. The number of amides is 1. The minimum absolute atomic E-state index is 0.0640. The van der Waals surface area contributed by atoms with Gasteiger partial charge in [0.05, 0.1) is 36.4 Å². The molecule has 1 saturated heterocycles. The molecule has 2 fully saturated rings. The molecule has 0 bridgehead atoms. The minimum atomic E-state index is -0.528. The largest absolute Gasteiger partial charge is 0.389 e. The van der Waals surface area contributed by atoms with Crippen LogP contribution >= 0.6 is 0 Å². The second-order valence-electron chi connectivity index (χ2n) is 7.32. The summed E-state index contributed by atoms with van der Waals surface area (Å²) in [5.41, 5.74) is 2.33. The number of hydrogen-bond acceptors (Lipinski definition) is 5. The fourth-order valence-electron chi connectivity index (χ4n) is 4.29. The zero-order valence-electron chi connectivity index (χ0n) is 15.3. The zero-order chi connectivity index (χ0) is 18.3. The molecule has 2 heterocycles. The molecule has 2 aromatic rings. The molecule has 2 N–H and O–H groups in total. The number of carbonyl (C=O) groups is 1. The van der Waals surface area contributed by atoms with Crippen molar-refractivity contribution in [3.05, 3.63) is 29.6 Å². The highest BCUT2D eigenvalue weighted by molar-refractivity contribution is 5.97. The molecular formula is C19H26N4O3. The lowest BCUT2D eigenvalue weighted by molar-refractivity contribution is -0.0231. The molecule has 1 aliphatic carbocycles. The summed E-state index contributed by atoms with van der Waals surface area (Å²) in [6, 6.07) is 5.46. The van der Waals surface area contributed by atoms with Gasteiger partial charge in [-0.25, -0.2) is 4.98 Å². The molecule has 1 aromatic carbocycles. The van der Waals surface area contributed by atoms with Gasteiger partial charge in [0, 0.05) is 31.7 Å². The average Bonchev–Trinajstić information content (AvgIpc) is 3.22. The first-order valence-corrected chi connectivity index (χ1v) is 9.28. The van der Waals surface area contributed by atoms with Gasteiger partial charge >= 0.3 is 0 Å². The molecule has 3 atom stereocenters. The standard InChI is InChI=1S/C19H26N4O3/c1-12-20-14-4-3-13(11-15(14)21-12)19(25)22(2)16-5-6-17(18(16)24)23-7-9-26-10-8-23/h3-4,11,16-18,24H,5-10H2,1-2H3,(H,20,21)/t16-,17-,18-/m1/s1. The summed E-state index contributed by atoms with van der Waals surface area (Å²) in [6.45, 7) is 5.02. The van der Waals surface area contributed by atoms with Gasteiger partial charge in [0.25, 0.3) is 5.91 Å². The maximum atomic E-state index is 13.0. The predicted octanol–water partition coefficient (Wildman–Crippen LogP) is 1.17. The fourth-order valence-corrected chi connectivity index (χ4v) is 4.29. The Bertz CT molecular complexity index is 799. The highest BCUT2D eigenvalue weighted by Gasteiger charge is 2.41. The second-order valence-corrected chi connectivity index (χ2v) is 7.32. The third-order valence-electron chi connectivity index (χ3n) is 5.73. The molecule has 2 aliphatic rings. The number of H-pyrrole nitrogens is 1. The van der Waals surface area contributed by atoms with E-state index in [1.54, 1.807) is 11.9 Å². The number of fused-ring (bicyclic) bond motifs is 1. The summed E-state index contributed by atoms with van der Waals surface area (Å²) in [5, 5.41) is 10.8. The van der Waals surface area contributed by atoms with E-state index in [0.29, 0.717) is 18.8 Å². The van der Waals surface area contributed by atoms with Crippen LogP contribution in [0.2, 0.25) is 0 Å². The average molecular weight is 358 g/mol. The number of rotatable bonds is 3. The van der Waals surface area contributed by atoms with Crippen molar-refractivity contribution in [2.24, 2.45) is 0 Å². The number of nitrogens with one attached hydrogen (secondary N) is 1. The van der Waals surface area contributed by atoms with Crippen LogP contribution in [-0.4, -0.2) is 82.3 Å². The number of ether oxygens (including phenoxy) is 1. The topological polar surface area (TPSA) is 81.7 Å². The van der Waals surface area contributed by atoms with E-state index in [0.717, 1.165) is 42.8 Å². The van der Waals surface area contributed by atoms with E-state index in [2.05, 4.69) is 14.9 Å². The lowest BCUT2D eigenvalue weighted by atomic mass is 10.1. The van der Waals surface area contributed by atoms with Gasteiger partial charge in [0.1, 0.15) is 5.82 Å². The molecule has 140 valence electrons. The lowest BCUT2D eigenvalue weighted by Crippen LogP contribution is -2.51. The van der Waals surface area contributed by atoms with Crippen LogP contribution in [0.1, 0.15) is 29.0 Å². The number of hydrogen-bond donors (Lipinski definition) is 2. The van der Waals surface area contributed by atoms with Crippen LogP contribution in [0.25, 0.3) is 11.0 Å². The number of nitrogens with zero attached hydrogens (tertiary/aromatic N) is 3. The van der Waals surface area contributed by atoms with Crippen molar-refractivity contribution >= 4 is 16.9 Å². The molecule has 7 nitrogen and oxygen atoms in total. The number of aliphatic hydroxyl groups is 1. The van der Waals surface area contributed by atoms with Gasteiger partial charge in [-0.2, -0.15) is 0 Å². The van der Waals surface area contributed by atoms with E-state index in [1.807, 2.05) is 25.1 Å². The number of morpholine rings is 1. The second kappa shape index (κ2) is 6.98. The Balaban J connectivity index is 1.48. The van der Waals surface area contributed by atoms with Crippen LogP contribution in [-0.2, 0) is 4.74 Å². The van der Waals surface area contributed by atoms with Crippen molar-refractivity contribution in [2.75, 3.05) is 33.4 Å². The maximum Gasteiger partial charge on any atom is 0.254 e. The SMILES string of the molecule is Cc1nc2ccc(C(=O)N(C)[C@@H]3CC[C@@H](N4CCOCC4)[C@@H]3O)cc2[nH]1. The molecular weight excluding hydrogens is 332 g/mol. The summed E-state index contributed by atoms with van der Waals surface area (Å²) in [6.07, 6.45) is 1.19. The van der Waals surface area contributed by atoms with Gasteiger partial charge in [0.15, 0.2) is 0 Å². The molecule has 1 aliphatic heterocycles. The number of aryl methyl sites for hydroxylation is 1. The van der Waals surface area contributed by atoms with Crippen molar-refractivity contribution in [3.63, 3.8) is 0 Å². The van der Waals surface area contributed by atoms with E-state index >= 15 is 0 Å². The summed E-state index contributed by atoms with van der Waals surface area (Å²) in [7, 11) is 1.79. The van der Waals surface area contributed by atoms with E-state index in [1.165, 1.54) is 0 Å². The predicted molar refractivity (Wildman–Crippen MR) is 98.1 cm³/mol. The number of likely N-dealkylation sites (N-methyl/N-ethyl adjacent to an activating group) is 1. The third kappa shape index (κ3) is 3.11. The number of benzene rings is 1. The number of aliphatic hydroxyl groups excluding tert-OH is 1. The number of aromatic amines is 1. The Labute approximate surface area is 152 Å². The Kier molecular flexibility index (Phi) is 4.69. The van der Waals surface area contributed by atoms with Crippen LogP contribution in [0.15, 0.2) is 18.2 Å². The van der Waals surface area contributed by atoms with Gasteiger partial charge in [-0.05, 0) is 38.0 Å². The third-order valence-corrected chi connectivity index (χ3v) is 5.73. The molecule has 1 aromatic heterocycles. The molecule has 4 rings (SSSR count). The van der Waals surface area contributed by atoms with E-state index < -0.39 is 6.10 Å². The number of carbonyl (C=O) groups excluding carboxylic acids is 1. The van der Waals surface area contributed by atoms with E-state index in [9.17, 15) is 9.90 Å².